The number of aromatic hydroxyl groups is 1. The molecule has 1 aromatic carbocycles. The first-order chi connectivity index (χ1) is 18.2. The molecule has 1 aliphatic heterocycles. The number of ether oxygens (including phenoxy) is 1. The van der Waals surface area contributed by atoms with Crippen LogP contribution in [0.2, 0.25) is 5.02 Å². The average Bonchev–Trinajstić information content (AvgIpc) is 3.17. The summed E-state index contributed by atoms with van der Waals surface area (Å²) in [6, 6.07) is 3.16. The summed E-state index contributed by atoms with van der Waals surface area (Å²) in [7, 11) is 1.41. The summed E-state index contributed by atoms with van der Waals surface area (Å²) in [6.45, 7) is 1.63. The van der Waals surface area contributed by atoms with Crippen molar-refractivity contribution in [3.63, 3.8) is 0 Å². The van der Waals surface area contributed by atoms with E-state index in [1.54, 1.807) is 19.1 Å². The second-order valence-corrected chi connectivity index (χ2v) is 11.5. The first kappa shape index (κ1) is 25.1. The molecule has 198 valence electrons. The molecule has 0 bridgehead atoms. The molecule has 1 saturated heterocycles. The molecule has 4 atom stereocenters. The van der Waals surface area contributed by atoms with Crippen molar-refractivity contribution in [1.29, 1.82) is 0 Å². The van der Waals surface area contributed by atoms with Crippen LogP contribution < -0.4 is 4.74 Å². The number of imide groups is 1. The fourth-order valence-electron chi connectivity index (χ4n) is 7.40. The van der Waals surface area contributed by atoms with Crippen LogP contribution in [-0.4, -0.2) is 46.5 Å². The summed E-state index contributed by atoms with van der Waals surface area (Å²) in [6.07, 6.45) is 8.82. The van der Waals surface area contributed by atoms with Gasteiger partial charge in [-0.1, -0.05) is 42.5 Å². The van der Waals surface area contributed by atoms with Gasteiger partial charge in [0.15, 0.2) is 23.1 Å². The number of hydrogen-bond acceptors (Lipinski definition) is 6. The Bertz CT molecular complexity index is 1380. The zero-order chi connectivity index (χ0) is 26.9. The molecule has 1 heterocycles. The predicted octanol–water partition coefficient (Wildman–Crippen LogP) is 4.82. The fraction of sp³-hybridized carbons (Fsp3) is 0.467. The predicted molar refractivity (Wildman–Crippen MR) is 140 cm³/mol. The lowest BCUT2D eigenvalue weighted by molar-refractivity contribution is -0.143. The number of hydrogen-bond donors (Lipinski definition) is 1. The van der Waals surface area contributed by atoms with Crippen LogP contribution in [0.25, 0.3) is 0 Å². The van der Waals surface area contributed by atoms with Crippen molar-refractivity contribution in [3.05, 3.63) is 57.2 Å². The number of allylic oxidation sites excluding steroid dienone is 6. The highest BCUT2D eigenvalue weighted by molar-refractivity contribution is 6.32. The van der Waals surface area contributed by atoms with Crippen molar-refractivity contribution in [3.8, 4) is 11.5 Å². The number of ketones is 2. The van der Waals surface area contributed by atoms with E-state index < -0.39 is 17.8 Å². The van der Waals surface area contributed by atoms with Crippen molar-refractivity contribution in [2.24, 2.45) is 17.8 Å². The number of carbonyl (C=O) groups excluding carboxylic acids is 4. The standard InChI is InChI=1S/C30H30ClNO6/c1-14-10-22(33)26-20(27(14)34)13-19-17(24(26)15-11-21(31)28(35)23(12-15)38-2)8-9-18-25(19)30(37)32(29(18)36)16-6-4-3-5-7-16/h8,10-12,16,18-19,24-25,35H,3-7,9,13H2,1-2H3/t18-,19+,24-,25-/m0/s1. The van der Waals surface area contributed by atoms with Gasteiger partial charge < -0.3 is 9.84 Å². The number of methoxy groups -OCH3 is 1. The van der Waals surface area contributed by atoms with Crippen LogP contribution in [0.3, 0.4) is 0 Å². The number of amides is 2. The minimum absolute atomic E-state index is 0.0600. The quantitative estimate of drug-likeness (QED) is 0.338. The maximum atomic E-state index is 13.9. The van der Waals surface area contributed by atoms with Crippen LogP contribution in [0.1, 0.15) is 63.4 Å². The van der Waals surface area contributed by atoms with Gasteiger partial charge in [0.1, 0.15) is 0 Å². The monoisotopic (exact) mass is 535 g/mol. The summed E-state index contributed by atoms with van der Waals surface area (Å²) >= 11 is 6.36. The Morgan fingerprint density at radius 3 is 2.47 bits per heavy atom. The van der Waals surface area contributed by atoms with Gasteiger partial charge in [0.05, 0.1) is 24.0 Å². The lowest BCUT2D eigenvalue weighted by Crippen LogP contribution is -2.43. The van der Waals surface area contributed by atoms with Gasteiger partial charge in [0.25, 0.3) is 0 Å². The molecular weight excluding hydrogens is 506 g/mol. The van der Waals surface area contributed by atoms with E-state index in [0.29, 0.717) is 28.7 Å². The number of benzene rings is 1. The third-order valence-electron chi connectivity index (χ3n) is 9.14. The van der Waals surface area contributed by atoms with E-state index in [4.69, 9.17) is 16.3 Å². The molecule has 6 rings (SSSR count). The van der Waals surface area contributed by atoms with Crippen LogP contribution in [0.4, 0.5) is 0 Å². The van der Waals surface area contributed by atoms with Gasteiger partial charge in [-0.3, -0.25) is 24.1 Å². The third kappa shape index (κ3) is 3.62. The number of halogens is 1. The molecule has 0 radical (unpaired) electrons. The summed E-state index contributed by atoms with van der Waals surface area (Å²) in [5.41, 5.74) is 2.61. The Morgan fingerprint density at radius 2 is 1.76 bits per heavy atom. The number of phenolic OH excluding ortho intramolecular Hbond substituents is 1. The summed E-state index contributed by atoms with van der Waals surface area (Å²) < 4.78 is 5.34. The van der Waals surface area contributed by atoms with Crippen LogP contribution in [0.5, 0.6) is 11.5 Å². The number of carbonyl (C=O) groups is 4. The Hall–Kier alpha value is -3.19. The number of likely N-dealkylation sites (tertiary alicyclic amines) is 1. The second kappa shape index (κ2) is 9.23. The van der Waals surface area contributed by atoms with Crippen molar-refractivity contribution in [2.75, 3.05) is 7.11 Å². The largest absolute Gasteiger partial charge is 0.503 e. The first-order valence-electron chi connectivity index (χ1n) is 13.4. The number of phenols is 1. The molecule has 2 fully saturated rings. The van der Waals surface area contributed by atoms with Crippen molar-refractivity contribution in [1.82, 2.24) is 4.90 Å². The second-order valence-electron chi connectivity index (χ2n) is 11.1. The molecule has 2 amide bonds. The SMILES string of the molecule is COc1cc([C@H]2C3=CC[C@@H]4C(=O)N(C5CCCCC5)C(=O)[C@@H]4[C@@H]3CC3=C2C(=O)C=C(C)C3=O)cc(Cl)c1O. The number of fused-ring (bicyclic) bond motifs is 3. The van der Waals surface area contributed by atoms with Crippen molar-refractivity contribution >= 4 is 35.0 Å². The Kier molecular flexibility index (Phi) is 6.10. The summed E-state index contributed by atoms with van der Waals surface area (Å²) in [4.78, 5) is 55.8. The third-order valence-corrected chi connectivity index (χ3v) is 9.43. The molecule has 0 spiro atoms. The van der Waals surface area contributed by atoms with Gasteiger partial charge >= 0.3 is 0 Å². The van der Waals surface area contributed by atoms with E-state index in [2.05, 4.69) is 0 Å². The maximum Gasteiger partial charge on any atom is 0.233 e. The van der Waals surface area contributed by atoms with Crippen LogP contribution in [-0.2, 0) is 19.2 Å². The highest BCUT2D eigenvalue weighted by atomic mass is 35.5. The first-order valence-corrected chi connectivity index (χ1v) is 13.7. The topological polar surface area (TPSA) is 101 Å². The summed E-state index contributed by atoms with van der Waals surface area (Å²) in [5.74, 6) is -2.79. The van der Waals surface area contributed by atoms with E-state index in [-0.39, 0.29) is 58.3 Å². The number of rotatable bonds is 3. The molecule has 38 heavy (non-hydrogen) atoms. The molecule has 4 aliphatic carbocycles. The van der Waals surface area contributed by atoms with Crippen LogP contribution in [0.15, 0.2) is 46.6 Å². The van der Waals surface area contributed by atoms with Gasteiger partial charge in [-0.25, -0.2) is 0 Å². The minimum Gasteiger partial charge on any atom is -0.503 e. The van der Waals surface area contributed by atoms with Gasteiger partial charge in [-0.15, -0.1) is 0 Å². The van der Waals surface area contributed by atoms with E-state index >= 15 is 0 Å². The van der Waals surface area contributed by atoms with E-state index in [0.717, 1.165) is 37.7 Å². The zero-order valence-corrected chi connectivity index (χ0v) is 22.2. The Morgan fingerprint density at radius 1 is 1.03 bits per heavy atom. The molecule has 5 aliphatic rings. The molecule has 7 nitrogen and oxygen atoms in total. The van der Waals surface area contributed by atoms with Crippen LogP contribution in [0, 0.1) is 17.8 Å². The van der Waals surface area contributed by atoms with Crippen molar-refractivity contribution in [2.45, 2.75) is 63.8 Å². The number of nitrogens with zero attached hydrogens (tertiary/aromatic N) is 1. The van der Waals surface area contributed by atoms with Crippen molar-refractivity contribution < 1.29 is 29.0 Å². The number of Topliss-reactive ketones (excluding diaryl/α,β-unsaturated/α-hetero) is 1. The van der Waals surface area contributed by atoms with Gasteiger partial charge in [-0.05, 0) is 62.3 Å². The molecule has 1 aromatic rings. The van der Waals surface area contributed by atoms with Gasteiger partial charge in [-0.2, -0.15) is 0 Å². The van der Waals surface area contributed by atoms with Gasteiger partial charge in [0.2, 0.25) is 11.8 Å². The Labute approximate surface area is 226 Å². The summed E-state index contributed by atoms with van der Waals surface area (Å²) in [5, 5.41) is 10.4. The highest BCUT2D eigenvalue weighted by Crippen LogP contribution is 2.56. The lowest BCUT2D eigenvalue weighted by atomic mass is 9.59. The minimum atomic E-state index is -0.635. The zero-order valence-electron chi connectivity index (χ0n) is 21.5. The molecule has 1 saturated carbocycles. The van der Waals surface area contributed by atoms with Crippen LogP contribution >= 0.6 is 11.6 Å². The lowest BCUT2D eigenvalue weighted by Gasteiger charge is -2.42. The fourth-order valence-corrected chi connectivity index (χ4v) is 7.62. The average molecular weight is 536 g/mol. The maximum absolute atomic E-state index is 13.9. The normalized spacial score (nSPS) is 29.6. The molecular formula is C30H30ClNO6. The molecule has 0 unspecified atom stereocenters. The molecule has 8 heteroatoms. The molecule has 1 N–H and O–H groups in total. The Balaban J connectivity index is 1.49. The highest BCUT2D eigenvalue weighted by Gasteiger charge is 2.57. The smallest absolute Gasteiger partial charge is 0.233 e. The van der Waals surface area contributed by atoms with E-state index in [1.807, 2.05) is 6.08 Å². The van der Waals surface area contributed by atoms with E-state index in [1.165, 1.54) is 18.1 Å². The molecule has 0 aromatic heterocycles. The van der Waals surface area contributed by atoms with Gasteiger partial charge in [0, 0.05) is 28.7 Å². The van der Waals surface area contributed by atoms with E-state index in [9.17, 15) is 24.3 Å².